The number of hydrogen-bond donors (Lipinski definition) is 5. The molecule has 314 valence electrons. The third-order valence-electron chi connectivity index (χ3n) is 10.3. The molecule has 4 aromatic heterocycles. The zero-order valence-electron chi connectivity index (χ0n) is 35.4. The van der Waals surface area contributed by atoms with E-state index in [0.717, 1.165) is 50.9 Å². The smallest absolute Gasteiger partial charge is 0.504 e. The van der Waals surface area contributed by atoms with Gasteiger partial charge in [0.1, 0.15) is 5.75 Å². The van der Waals surface area contributed by atoms with Crippen molar-refractivity contribution in [2.45, 2.75) is 52.9 Å². The van der Waals surface area contributed by atoms with Gasteiger partial charge in [0.2, 0.25) is 11.8 Å². The van der Waals surface area contributed by atoms with E-state index in [0.29, 0.717) is 68.0 Å². The van der Waals surface area contributed by atoms with Gasteiger partial charge in [-0.1, -0.05) is 25.3 Å². The second kappa shape index (κ2) is 21.7. The first kappa shape index (κ1) is 44.8. The molecule has 0 aliphatic carbocycles. The Hall–Kier alpha value is -6.73. The fraction of sp³-hybridized carbons (Fsp3) is 0.208. The molecule has 0 fully saturated rings. The van der Waals surface area contributed by atoms with Crippen LogP contribution in [-0.4, -0.2) is 54.8 Å². The van der Waals surface area contributed by atoms with E-state index >= 15 is 0 Å². The third-order valence-corrected chi connectivity index (χ3v) is 10.3. The highest BCUT2D eigenvalue weighted by Crippen LogP contribution is 2.19. The van der Waals surface area contributed by atoms with E-state index in [9.17, 15) is 24.7 Å². The molecule has 14 heteroatoms. The average Bonchev–Trinajstić information content (AvgIpc) is 3.25. The quantitative estimate of drug-likeness (QED) is 0.0449. The summed E-state index contributed by atoms with van der Waals surface area (Å²) < 4.78 is 13.8. The zero-order chi connectivity index (χ0) is 44.0. The van der Waals surface area contributed by atoms with Crippen LogP contribution in [0.3, 0.4) is 0 Å². The molecule has 2 aromatic carbocycles. The molecule has 6 rings (SSSR count). The van der Waals surface area contributed by atoms with Crippen molar-refractivity contribution in [2.75, 3.05) is 13.1 Å². The topological polar surface area (TPSA) is 144 Å². The predicted octanol–water partition coefficient (Wildman–Crippen LogP) is 1.48. The van der Waals surface area contributed by atoms with Crippen molar-refractivity contribution in [3.05, 3.63) is 192 Å². The molecule has 6 aromatic rings. The highest BCUT2D eigenvalue weighted by Gasteiger charge is 2.18. The van der Waals surface area contributed by atoms with Crippen LogP contribution in [0, 0.1) is 0 Å². The van der Waals surface area contributed by atoms with Gasteiger partial charge >= 0.3 is 14.8 Å². The molecular formula is C48H54B2N6O6+4. The maximum atomic E-state index is 11.8. The standard InChI is InChI=1S/C48H52B2N6O6/c1-35(2)47(57)51-15-5-37-7-17-53(18-8-37)31-39-25-40(28-45(27-39)50(60)61)32-55-21-11-43(12-22-55)44-13-23-56(24-14-44)34-42-26-41(29-46(30-42)62-49-59)33-54-19-9-38(10-20-54)6-16-52-48(58)36(3)4/h7-14,17-30,49,59-61H,1,3,5-6,15-16,31-34H2,2,4H3/q+2/p+2. The first-order chi connectivity index (χ1) is 29.9. The number of pyridine rings is 4. The van der Waals surface area contributed by atoms with E-state index in [2.05, 4.69) is 73.9 Å². The lowest BCUT2D eigenvalue weighted by molar-refractivity contribution is -0.689. The molecule has 0 aliphatic heterocycles. The van der Waals surface area contributed by atoms with Crippen molar-refractivity contribution >= 4 is 32.1 Å². The van der Waals surface area contributed by atoms with Crippen molar-refractivity contribution in [1.29, 1.82) is 0 Å². The van der Waals surface area contributed by atoms with E-state index < -0.39 is 14.8 Å². The molecule has 0 spiro atoms. The number of carbonyl (C=O) groups excluding carboxylic acids is 2. The van der Waals surface area contributed by atoms with Gasteiger partial charge in [-0.2, -0.15) is 0 Å². The van der Waals surface area contributed by atoms with Crippen LogP contribution in [-0.2, 0) is 48.6 Å². The molecule has 2 amide bonds. The van der Waals surface area contributed by atoms with Crippen molar-refractivity contribution in [1.82, 2.24) is 10.6 Å². The number of nitrogens with one attached hydrogen (secondary N) is 2. The summed E-state index contributed by atoms with van der Waals surface area (Å²) in [5.41, 5.74) is 9.72. The lowest BCUT2D eigenvalue weighted by Gasteiger charge is -2.08. The van der Waals surface area contributed by atoms with E-state index in [4.69, 9.17) is 4.65 Å². The zero-order valence-corrected chi connectivity index (χ0v) is 35.4. The van der Waals surface area contributed by atoms with E-state index in [1.807, 2.05) is 103 Å². The van der Waals surface area contributed by atoms with Crippen LogP contribution < -0.4 is 39.0 Å². The SMILES string of the molecule is C=C(C)C(=O)NCCc1cc[n+](Cc2cc(C[n+]3ccc(-c4cc[n+](Cc5cc(C[n+]6ccc(CCNC(=O)C(=C)C)cc6)cc(B(O)O)c5)cc4)cc3)cc(OBO)c2)cc1. The fourth-order valence-electron chi connectivity index (χ4n) is 7.01. The summed E-state index contributed by atoms with van der Waals surface area (Å²) >= 11 is 0. The summed E-state index contributed by atoms with van der Waals surface area (Å²) in [5, 5.41) is 35.4. The second-order valence-electron chi connectivity index (χ2n) is 15.6. The summed E-state index contributed by atoms with van der Waals surface area (Å²) in [4.78, 5) is 23.6. The minimum Gasteiger partial charge on any atom is -0.539 e. The fourth-order valence-corrected chi connectivity index (χ4v) is 7.01. The Morgan fingerprint density at radius 2 is 0.903 bits per heavy atom. The molecule has 0 unspecified atom stereocenters. The van der Waals surface area contributed by atoms with Gasteiger partial charge in [-0.3, -0.25) is 9.59 Å². The van der Waals surface area contributed by atoms with Gasteiger partial charge in [-0.15, -0.1) is 0 Å². The van der Waals surface area contributed by atoms with Crippen molar-refractivity contribution in [3.8, 4) is 16.9 Å². The van der Waals surface area contributed by atoms with Gasteiger partial charge in [0.15, 0.2) is 75.8 Å². The monoisotopic (exact) mass is 832 g/mol. The third kappa shape index (κ3) is 13.4. The van der Waals surface area contributed by atoms with Gasteiger partial charge in [-0.25, -0.2) is 18.3 Å². The highest BCUT2D eigenvalue weighted by molar-refractivity contribution is 6.58. The van der Waals surface area contributed by atoms with Crippen molar-refractivity contribution in [2.24, 2.45) is 0 Å². The van der Waals surface area contributed by atoms with Crippen LogP contribution >= 0.6 is 0 Å². The Bertz CT molecular complexity index is 2500. The number of carbonyl (C=O) groups is 2. The van der Waals surface area contributed by atoms with Gasteiger partial charge in [-0.05, 0) is 78.7 Å². The van der Waals surface area contributed by atoms with Crippen LogP contribution in [0.15, 0.2) is 159 Å². The van der Waals surface area contributed by atoms with Crippen LogP contribution in [0.25, 0.3) is 11.1 Å². The number of nitrogens with zero attached hydrogens (tertiary/aromatic N) is 4. The molecule has 12 nitrogen and oxygen atoms in total. The molecule has 62 heavy (non-hydrogen) atoms. The molecule has 4 heterocycles. The molecule has 0 atom stereocenters. The summed E-state index contributed by atoms with van der Waals surface area (Å²) in [6, 6.07) is 28.2. The van der Waals surface area contributed by atoms with Gasteiger partial charge in [0.05, 0.1) is 0 Å². The van der Waals surface area contributed by atoms with Gasteiger partial charge in [0.25, 0.3) is 0 Å². The van der Waals surface area contributed by atoms with Crippen molar-refractivity contribution < 1.29 is 47.6 Å². The second-order valence-corrected chi connectivity index (χ2v) is 15.6. The Morgan fingerprint density at radius 1 is 0.565 bits per heavy atom. The van der Waals surface area contributed by atoms with Crippen molar-refractivity contribution in [3.63, 3.8) is 0 Å². The summed E-state index contributed by atoms with van der Waals surface area (Å²) in [6.45, 7) is 14.1. The maximum absolute atomic E-state index is 11.8. The van der Waals surface area contributed by atoms with Crippen LogP contribution in [0.1, 0.15) is 47.2 Å². The van der Waals surface area contributed by atoms with Crippen LogP contribution in [0.2, 0.25) is 0 Å². The Kier molecular flexibility index (Phi) is 15.7. The minimum atomic E-state index is -1.59. The summed E-state index contributed by atoms with van der Waals surface area (Å²) in [5.74, 6) is 0.319. The largest absolute Gasteiger partial charge is 0.539 e. The van der Waals surface area contributed by atoms with Gasteiger partial charge < -0.3 is 30.4 Å². The number of hydrogen-bond acceptors (Lipinski definition) is 6. The molecule has 0 saturated carbocycles. The van der Waals surface area contributed by atoms with Crippen LogP contribution in [0.4, 0.5) is 0 Å². The molecular weight excluding hydrogens is 778 g/mol. The van der Waals surface area contributed by atoms with E-state index in [-0.39, 0.29) is 11.8 Å². The Balaban J connectivity index is 1.06. The normalized spacial score (nSPS) is 10.8. The number of aromatic nitrogens is 4. The highest BCUT2D eigenvalue weighted by atomic mass is 16.5. The molecule has 0 radical (unpaired) electrons. The Morgan fingerprint density at radius 3 is 1.23 bits per heavy atom. The first-order valence-electron chi connectivity index (χ1n) is 20.6. The summed E-state index contributed by atoms with van der Waals surface area (Å²) in [6.07, 6.45) is 17.6. The maximum Gasteiger partial charge on any atom is 0.504 e. The lowest BCUT2D eigenvalue weighted by Crippen LogP contribution is -2.37. The van der Waals surface area contributed by atoms with Crippen LogP contribution in [0.5, 0.6) is 5.75 Å². The average molecular weight is 833 g/mol. The molecule has 0 bridgehead atoms. The molecule has 0 saturated heterocycles. The number of benzene rings is 2. The molecule has 0 aliphatic rings. The molecule has 5 N–H and O–H groups in total. The predicted molar refractivity (Wildman–Crippen MR) is 238 cm³/mol. The Labute approximate surface area is 364 Å². The number of amides is 2. The minimum absolute atomic E-state index is 0.134. The van der Waals surface area contributed by atoms with Gasteiger partial charge in [0, 0.05) is 95.0 Å². The van der Waals surface area contributed by atoms with E-state index in [1.54, 1.807) is 13.8 Å². The number of rotatable bonds is 20. The van der Waals surface area contributed by atoms with E-state index in [1.165, 1.54) is 0 Å². The summed E-state index contributed by atoms with van der Waals surface area (Å²) in [7, 11) is -2.01. The lowest BCUT2D eigenvalue weighted by atomic mass is 9.78. The first-order valence-corrected chi connectivity index (χ1v) is 20.6.